The topological polar surface area (TPSA) is 102 Å². The molecule has 0 aliphatic carbocycles. The molecule has 2 aromatic rings. The minimum atomic E-state index is -0.568. The second-order valence-corrected chi connectivity index (χ2v) is 5.36. The van der Waals surface area contributed by atoms with Gasteiger partial charge in [-0.15, -0.1) is 0 Å². The third kappa shape index (κ3) is 3.15. The number of amides is 1. The Bertz CT molecular complexity index is 789. The van der Waals surface area contributed by atoms with Crippen LogP contribution < -0.4 is 16.4 Å². The summed E-state index contributed by atoms with van der Waals surface area (Å²) in [4.78, 5) is 20.4. The van der Waals surface area contributed by atoms with E-state index >= 15 is 0 Å². The van der Waals surface area contributed by atoms with Crippen molar-refractivity contribution < 1.29 is 9.53 Å². The lowest BCUT2D eigenvalue weighted by atomic mass is 10.2. The molecule has 0 spiro atoms. The number of ether oxygens (including phenoxy) is 1. The third-order valence-electron chi connectivity index (χ3n) is 3.61. The molecule has 0 saturated carbocycles. The number of benzene rings is 1. The van der Waals surface area contributed by atoms with E-state index in [4.69, 9.17) is 10.5 Å². The highest BCUT2D eigenvalue weighted by molar-refractivity contribution is 6.10. The first kappa shape index (κ1) is 15.8. The first-order valence-electron chi connectivity index (χ1n) is 7.73. The highest BCUT2D eigenvalue weighted by Crippen LogP contribution is 2.37. The number of aliphatic imine (C=N–C) groups is 1. The van der Waals surface area contributed by atoms with Crippen LogP contribution in [0.2, 0.25) is 0 Å². The van der Waals surface area contributed by atoms with E-state index in [2.05, 4.69) is 20.6 Å². The van der Waals surface area contributed by atoms with Crippen molar-refractivity contribution in [2.24, 2.45) is 4.99 Å². The number of nitrogens with zero attached hydrogens (tertiary/aromatic N) is 2. The van der Waals surface area contributed by atoms with Gasteiger partial charge in [-0.2, -0.15) is 0 Å². The van der Waals surface area contributed by atoms with Crippen LogP contribution in [0.3, 0.4) is 0 Å². The van der Waals surface area contributed by atoms with Crippen LogP contribution in [-0.4, -0.2) is 29.4 Å². The Hall–Kier alpha value is -3.09. The van der Waals surface area contributed by atoms with E-state index in [0.29, 0.717) is 11.5 Å². The monoisotopic (exact) mass is 337 g/mol. The predicted octanol–water partition coefficient (Wildman–Crippen LogP) is 3.17. The van der Waals surface area contributed by atoms with E-state index in [1.165, 1.54) is 0 Å². The molecular formula is C17H19N5O2. The van der Waals surface area contributed by atoms with Crippen LogP contribution >= 0.6 is 0 Å². The summed E-state index contributed by atoms with van der Waals surface area (Å²) in [6, 6.07) is 11.6. The summed E-state index contributed by atoms with van der Waals surface area (Å²) < 4.78 is 4.85. The van der Waals surface area contributed by atoms with Crippen LogP contribution in [0.25, 0.3) is 0 Å². The van der Waals surface area contributed by atoms with Crippen molar-refractivity contribution in [3.05, 3.63) is 42.0 Å². The molecule has 7 heteroatoms. The lowest BCUT2D eigenvalue weighted by Gasteiger charge is -2.25. The van der Waals surface area contributed by atoms with E-state index in [1.54, 1.807) is 13.0 Å². The lowest BCUT2D eigenvalue weighted by molar-refractivity contribution is 0.168. The van der Waals surface area contributed by atoms with Gasteiger partial charge in [0.25, 0.3) is 0 Å². The maximum absolute atomic E-state index is 11.5. The highest BCUT2D eigenvalue weighted by atomic mass is 16.5. The van der Waals surface area contributed by atoms with Crippen LogP contribution in [0.15, 0.2) is 41.4 Å². The van der Waals surface area contributed by atoms with Gasteiger partial charge in [-0.05, 0) is 19.4 Å². The predicted molar refractivity (Wildman–Crippen MR) is 95.0 cm³/mol. The fourth-order valence-electron chi connectivity index (χ4n) is 2.56. The largest absolute Gasteiger partial charge is 0.450 e. The van der Waals surface area contributed by atoms with Gasteiger partial charge in [0, 0.05) is 6.07 Å². The van der Waals surface area contributed by atoms with E-state index in [0.717, 1.165) is 17.0 Å². The molecule has 0 fully saturated rings. The van der Waals surface area contributed by atoms with Crippen molar-refractivity contribution in [3.63, 3.8) is 0 Å². The second-order valence-electron chi connectivity index (χ2n) is 5.36. The Morgan fingerprint density at radius 1 is 1.46 bits per heavy atom. The van der Waals surface area contributed by atoms with Gasteiger partial charge in [0.2, 0.25) is 0 Å². The molecule has 1 aromatic carbocycles. The molecule has 0 unspecified atom stereocenters. The van der Waals surface area contributed by atoms with Gasteiger partial charge in [-0.3, -0.25) is 5.32 Å². The molecule has 0 radical (unpaired) electrons. The number of hydrogen-bond donors (Lipinski definition) is 3. The van der Waals surface area contributed by atoms with E-state index in [-0.39, 0.29) is 18.5 Å². The van der Waals surface area contributed by atoms with Crippen molar-refractivity contribution in [2.45, 2.75) is 19.9 Å². The standard InChI is InChI=1S/C17H19N5O2/c1-3-24-17(23)21-13-9-12-15(16(18)20-13)22-14(10(2)19-12)11-7-5-4-6-8-11/h4-10,19H,3H2,1-2H3,(H3,18,20,21,23)/t10-/m0/s1/i4+2,5+2,6+2,7+2,8+2,11+2. The molecule has 2 heterocycles. The number of carbonyl (C=O) groups is 1. The van der Waals surface area contributed by atoms with Gasteiger partial charge < -0.3 is 15.8 Å². The minimum absolute atomic E-state index is 0.00265. The van der Waals surface area contributed by atoms with Gasteiger partial charge in [0.15, 0.2) is 5.82 Å². The molecule has 1 amide bonds. The van der Waals surface area contributed by atoms with Crippen LogP contribution in [0.5, 0.6) is 0 Å². The summed E-state index contributed by atoms with van der Waals surface area (Å²) in [7, 11) is 0. The summed E-state index contributed by atoms with van der Waals surface area (Å²) in [5.74, 6) is 0.565. The molecule has 0 bridgehead atoms. The summed E-state index contributed by atoms with van der Waals surface area (Å²) in [5, 5.41) is 5.90. The minimum Gasteiger partial charge on any atom is -0.450 e. The molecule has 1 aliphatic rings. The van der Waals surface area contributed by atoms with Crippen molar-refractivity contribution in [1.29, 1.82) is 0 Å². The summed E-state index contributed by atoms with van der Waals surface area (Å²) in [6.45, 7) is 4.04. The third-order valence-corrected chi connectivity index (χ3v) is 3.61. The number of anilines is 3. The molecule has 1 atom stereocenters. The van der Waals surface area contributed by atoms with Crippen LogP contribution in [-0.2, 0) is 4.74 Å². The lowest BCUT2D eigenvalue weighted by Crippen LogP contribution is -2.30. The van der Waals surface area contributed by atoms with E-state index in [9.17, 15) is 4.79 Å². The van der Waals surface area contributed by atoms with Gasteiger partial charge in [-0.25, -0.2) is 14.8 Å². The Labute approximate surface area is 140 Å². The zero-order valence-corrected chi connectivity index (χ0v) is 13.5. The Morgan fingerprint density at radius 3 is 2.92 bits per heavy atom. The number of aromatic nitrogens is 1. The summed E-state index contributed by atoms with van der Waals surface area (Å²) in [5.41, 5.74) is 9.24. The quantitative estimate of drug-likeness (QED) is 0.798. The number of nitrogens with two attached hydrogens (primary N) is 1. The second kappa shape index (κ2) is 6.57. The number of pyridine rings is 1. The maximum atomic E-state index is 11.5. The number of nitrogen functional groups attached to an aromatic ring is 1. The Kier molecular flexibility index (Phi) is 4.33. The van der Waals surface area contributed by atoms with Crippen LogP contribution in [0.4, 0.5) is 27.8 Å². The van der Waals surface area contributed by atoms with Gasteiger partial charge in [-0.1, -0.05) is 30.3 Å². The number of nitrogens with one attached hydrogen (secondary N) is 2. The van der Waals surface area contributed by atoms with Crippen LogP contribution in [0.1, 0.15) is 19.4 Å². The number of hydrogen-bond acceptors (Lipinski definition) is 6. The highest BCUT2D eigenvalue weighted by Gasteiger charge is 2.23. The molecule has 3 rings (SSSR count). The summed E-state index contributed by atoms with van der Waals surface area (Å²) >= 11 is 0. The maximum Gasteiger partial charge on any atom is 0.412 e. The fourth-order valence-corrected chi connectivity index (χ4v) is 2.56. The van der Waals surface area contributed by atoms with Crippen molar-refractivity contribution in [2.75, 3.05) is 23.0 Å². The molecule has 1 aromatic heterocycles. The summed E-state index contributed by atoms with van der Waals surface area (Å²) in [6.07, 6.45) is -0.568. The normalized spacial score (nSPS) is 15.8. The van der Waals surface area contributed by atoms with Crippen molar-refractivity contribution in [1.82, 2.24) is 4.98 Å². The number of fused-ring (bicyclic) bond motifs is 1. The van der Waals surface area contributed by atoms with Crippen molar-refractivity contribution >= 4 is 34.8 Å². The SMILES string of the molecule is CCOC(=O)Nc1cc2c(c(N)n1)N=C([14c]1[14cH][14cH][14cH][14cH][14cH]1)[C@H](C)N2. The average Bonchev–Trinajstić information content (AvgIpc) is 2.55. The van der Waals surface area contributed by atoms with Gasteiger partial charge in [0.1, 0.15) is 11.5 Å². The van der Waals surface area contributed by atoms with Gasteiger partial charge in [0.05, 0.1) is 24.0 Å². The Morgan fingerprint density at radius 2 is 2.21 bits per heavy atom. The molecule has 0 saturated heterocycles. The Balaban J connectivity index is 1.95. The van der Waals surface area contributed by atoms with E-state index < -0.39 is 6.09 Å². The first-order chi connectivity index (χ1) is 11.6. The first-order valence-corrected chi connectivity index (χ1v) is 7.73. The van der Waals surface area contributed by atoms with Gasteiger partial charge >= 0.3 is 6.09 Å². The molecule has 1 aliphatic heterocycles. The van der Waals surface area contributed by atoms with Crippen LogP contribution in [0, 0.1) is 0 Å². The molecule has 24 heavy (non-hydrogen) atoms. The molecule has 124 valence electrons. The zero-order valence-electron chi connectivity index (χ0n) is 13.5. The fraction of sp³-hybridized carbons (Fsp3) is 0.235. The zero-order chi connectivity index (χ0) is 17.1. The smallest absolute Gasteiger partial charge is 0.412 e. The molecule has 7 nitrogen and oxygen atoms in total. The number of carbonyl (C=O) groups excluding carboxylic acids is 1. The number of rotatable bonds is 3. The van der Waals surface area contributed by atoms with Crippen molar-refractivity contribution in [3.8, 4) is 0 Å². The molecular weight excluding hydrogens is 318 g/mol. The average molecular weight is 337 g/mol. The van der Waals surface area contributed by atoms with E-state index in [1.807, 2.05) is 37.3 Å². The molecule has 4 N–H and O–H groups in total.